The second kappa shape index (κ2) is 9.98. The summed E-state index contributed by atoms with van der Waals surface area (Å²) in [6, 6.07) is 7.05. The molecule has 188 valence electrons. The molecule has 0 amide bonds. The fourth-order valence-electron chi connectivity index (χ4n) is 3.01. The van der Waals surface area contributed by atoms with Gasteiger partial charge in [-0.2, -0.15) is 5.10 Å². The van der Waals surface area contributed by atoms with Crippen LogP contribution < -0.4 is 15.2 Å². The minimum absolute atomic E-state index is 0.119. The molecule has 0 spiro atoms. The Bertz CT molecular complexity index is 1250. The maximum atomic E-state index is 14.8. The van der Waals surface area contributed by atoms with E-state index in [1.165, 1.54) is 38.4 Å². The van der Waals surface area contributed by atoms with Crippen molar-refractivity contribution < 1.29 is 36.6 Å². The van der Waals surface area contributed by atoms with Gasteiger partial charge in [0.2, 0.25) is 0 Å². The first kappa shape index (κ1) is 26.1. The molecule has 8 nitrogen and oxygen atoms in total. The number of hydrogen-bond donors (Lipinski definition) is 0. The lowest BCUT2D eigenvalue weighted by Crippen LogP contribution is -2.40. The molecule has 0 saturated heterocycles. The third-order valence-electron chi connectivity index (χ3n) is 4.60. The zero-order valence-electron chi connectivity index (χ0n) is 18.7. The lowest BCUT2D eigenvalue weighted by atomic mass is 10.1. The highest BCUT2D eigenvalue weighted by Gasteiger charge is 2.33. The van der Waals surface area contributed by atoms with E-state index in [9.17, 15) is 27.2 Å². The maximum absolute atomic E-state index is 14.8. The first-order chi connectivity index (χ1) is 16.3. The Kier molecular flexibility index (Phi) is 7.44. The van der Waals surface area contributed by atoms with Crippen LogP contribution in [0.3, 0.4) is 0 Å². The van der Waals surface area contributed by atoms with E-state index in [0.29, 0.717) is 0 Å². The van der Waals surface area contributed by atoms with Gasteiger partial charge in [-0.25, -0.2) is 23.2 Å². The minimum Gasteiger partial charge on any atom is -0.472 e. The monoisotopic (exact) mass is 517 g/mol. The van der Waals surface area contributed by atoms with Gasteiger partial charge in [0.15, 0.2) is 17.2 Å². The predicted molar refractivity (Wildman–Crippen MR) is 116 cm³/mol. The number of aromatic nitrogens is 3. The first-order valence-corrected chi connectivity index (χ1v) is 10.5. The van der Waals surface area contributed by atoms with E-state index in [0.717, 1.165) is 27.4 Å². The fourth-order valence-corrected chi connectivity index (χ4v) is 3.28. The second-order valence-corrected chi connectivity index (χ2v) is 8.11. The van der Waals surface area contributed by atoms with Gasteiger partial charge in [-0.05, 0) is 62.7 Å². The van der Waals surface area contributed by atoms with Crippen molar-refractivity contribution in [3.05, 3.63) is 69.6 Å². The van der Waals surface area contributed by atoms with Crippen LogP contribution >= 0.6 is 11.6 Å². The van der Waals surface area contributed by atoms with Crippen LogP contribution in [0.5, 0.6) is 11.5 Å². The van der Waals surface area contributed by atoms with Gasteiger partial charge >= 0.3 is 18.0 Å². The molecule has 0 unspecified atom stereocenters. The van der Waals surface area contributed by atoms with E-state index in [-0.39, 0.29) is 35.2 Å². The zero-order chi connectivity index (χ0) is 26.0. The number of hydrogen-bond acceptors (Lipinski definition) is 6. The van der Waals surface area contributed by atoms with Crippen molar-refractivity contribution in [1.82, 2.24) is 14.3 Å². The largest absolute Gasteiger partial charge is 0.573 e. The number of rotatable bonds is 8. The van der Waals surface area contributed by atoms with Gasteiger partial charge in [-0.15, -0.1) is 13.2 Å². The quantitative estimate of drug-likeness (QED) is 0.323. The van der Waals surface area contributed by atoms with E-state index in [4.69, 9.17) is 21.1 Å². The number of halogens is 5. The average molecular weight is 518 g/mol. The van der Waals surface area contributed by atoms with Crippen molar-refractivity contribution in [2.75, 3.05) is 6.61 Å². The Balaban J connectivity index is 1.79. The Morgan fingerprint density at radius 3 is 2.34 bits per heavy atom. The fraction of sp³-hybridized carbons (Fsp3) is 0.318. The van der Waals surface area contributed by atoms with Crippen LogP contribution in [0.25, 0.3) is 5.69 Å². The van der Waals surface area contributed by atoms with E-state index >= 15 is 0 Å². The van der Waals surface area contributed by atoms with E-state index in [1.54, 1.807) is 6.92 Å². The number of esters is 1. The molecule has 0 fully saturated rings. The molecule has 3 aromatic rings. The third kappa shape index (κ3) is 6.32. The summed E-state index contributed by atoms with van der Waals surface area (Å²) in [7, 11) is 0. The van der Waals surface area contributed by atoms with Gasteiger partial charge < -0.3 is 14.2 Å². The Hall–Kier alpha value is -3.54. The highest BCUT2D eigenvalue weighted by atomic mass is 35.5. The summed E-state index contributed by atoms with van der Waals surface area (Å²) >= 11 is 6.17. The van der Waals surface area contributed by atoms with Gasteiger partial charge in [0, 0.05) is 0 Å². The molecule has 0 aliphatic carbocycles. The van der Waals surface area contributed by atoms with Gasteiger partial charge in [-0.1, -0.05) is 11.6 Å². The van der Waals surface area contributed by atoms with Gasteiger partial charge in [0.25, 0.3) is 0 Å². The summed E-state index contributed by atoms with van der Waals surface area (Å²) < 4.78 is 68.0. The summed E-state index contributed by atoms with van der Waals surface area (Å²) in [5, 5.41) is 3.82. The molecule has 0 saturated carbocycles. The normalized spacial score (nSPS) is 11.9. The van der Waals surface area contributed by atoms with Gasteiger partial charge in [-0.3, -0.25) is 0 Å². The van der Waals surface area contributed by atoms with Gasteiger partial charge in [0.1, 0.15) is 12.1 Å². The van der Waals surface area contributed by atoms with Crippen LogP contribution in [0, 0.1) is 5.82 Å². The number of carbonyl (C=O) groups excluding carboxylic acids is 1. The molecule has 0 aliphatic heterocycles. The van der Waals surface area contributed by atoms with E-state index in [1.807, 2.05) is 0 Å². The van der Waals surface area contributed by atoms with Crippen molar-refractivity contribution in [3.8, 4) is 17.2 Å². The molecule has 1 aromatic heterocycles. The molecule has 35 heavy (non-hydrogen) atoms. The van der Waals surface area contributed by atoms with Gasteiger partial charge in [0.05, 0.1) is 23.9 Å². The van der Waals surface area contributed by atoms with E-state index in [2.05, 4.69) is 9.84 Å². The lowest BCUT2D eigenvalue weighted by molar-refractivity contribution is -0.274. The smallest absolute Gasteiger partial charge is 0.472 e. The van der Waals surface area contributed by atoms with Crippen LogP contribution in [0.1, 0.15) is 26.3 Å². The van der Waals surface area contributed by atoms with Crippen LogP contribution in [-0.4, -0.2) is 38.9 Å². The van der Waals surface area contributed by atoms with Crippen molar-refractivity contribution in [1.29, 1.82) is 0 Å². The lowest BCUT2D eigenvalue weighted by Gasteiger charge is -2.25. The summed E-state index contributed by atoms with van der Waals surface area (Å²) in [5.74, 6) is -2.36. The molecule has 0 aliphatic rings. The number of carbonyl (C=O) groups is 1. The topological polar surface area (TPSA) is 84.6 Å². The standard InChI is InChI=1S/C22H20ClF4N3O5/c1-4-33-19(31)21(2,3)35-18-16(23)9-13(10-17(18)24)11-30-20(32)29(12-28-30)14-5-7-15(8-6-14)34-22(25,26)27/h5-10,12H,4,11H2,1-3H3. The Morgan fingerprint density at radius 2 is 1.77 bits per heavy atom. The van der Waals surface area contributed by atoms with Crippen molar-refractivity contribution in [3.63, 3.8) is 0 Å². The van der Waals surface area contributed by atoms with E-state index < -0.39 is 35.2 Å². The molecule has 0 atom stereocenters. The molecule has 1 heterocycles. The van der Waals surface area contributed by atoms with Crippen molar-refractivity contribution >= 4 is 17.6 Å². The highest BCUT2D eigenvalue weighted by Crippen LogP contribution is 2.33. The maximum Gasteiger partial charge on any atom is 0.573 e. The third-order valence-corrected chi connectivity index (χ3v) is 4.88. The predicted octanol–water partition coefficient (Wildman–Crippen LogP) is 4.49. The summed E-state index contributed by atoms with van der Waals surface area (Å²) in [5.41, 5.74) is -1.62. The number of benzene rings is 2. The zero-order valence-corrected chi connectivity index (χ0v) is 19.5. The molecule has 0 N–H and O–H groups in total. The number of ether oxygens (including phenoxy) is 3. The number of alkyl halides is 3. The molecule has 0 bridgehead atoms. The van der Waals surface area contributed by atoms with Crippen molar-refractivity contribution in [2.45, 2.75) is 39.3 Å². The first-order valence-electron chi connectivity index (χ1n) is 10.2. The van der Waals surface area contributed by atoms with Crippen LogP contribution in [0.15, 0.2) is 47.5 Å². The number of nitrogens with zero attached hydrogens (tertiary/aromatic N) is 3. The molecular formula is C22H20ClF4N3O5. The van der Waals surface area contributed by atoms with Crippen LogP contribution in [0.4, 0.5) is 17.6 Å². The molecule has 3 rings (SSSR count). The second-order valence-electron chi connectivity index (χ2n) is 7.70. The van der Waals surface area contributed by atoms with Crippen molar-refractivity contribution in [2.24, 2.45) is 0 Å². The summed E-state index contributed by atoms with van der Waals surface area (Å²) in [6.07, 6.45) is -3.67. The minimum atomic E-state index is -4.84. The SMILES string of the molecule is CCOC(=O)C(C)(C)Oc1c(F)cc(Cn2ncn(-c3ccc(OC(F)(F)F)cc3)c2=O)cc1Cl. The molecule has 2 aromatic carbocycles. The average Bonchev–Trinajstić information content (AvgIpc) is 3.10. The summed E-state index contributed by atoms with van der Waals surface area (Å²) in [4.78, 5) is 24.7. The highest BCUT2D eigenvalue weighted by molar-refractivity contribution is 6.32. The molecule has 13 heteroatoms. The Morgan fingerprint density at radius 1 is 1.11 bits per heavy atom. The Labute approximate surface area is 201 Å². The molecular weight excluding hydrogens is 498 g/mol. The molecule has 0 radical (unpaired) electrons. The summed E-state index contributed by atoms with van der Waals surface area (Å²) in [6.45, 7) is 4.38. The van der Waals surface area contributed by atoms with Crippen LogP contribution in [-0.2, 0) is 16.1 Å². The van der Waals surface area contributed by atoms with Crippen LogP contribution in [0.2, 0.25) is 5.02 Å².